The molecule has 1 aromatic heterocycles. The lowest BCUT2D eigenvalue weighted by Gasteiger charge is -2.28. The highest BCUT2D eigenvalue weighted by molar-refractivity contribution is 7.10. The molecule has 0 spiro atoms. The smallest absolute Gasteiger partial charge is 0.208 e. The van der Waals surface area contributed by atoms with Gasteiger partial charge in [0.15, 0.2) is 6.23 Å². The molecule has 1 aromatic carbocycles. The number of aliphatic hydroxyl groups excluding tert-OH is 2. The molecule has 2 aromatic rings. The highest BCUT2D eigenvalue weighted by Crippen LogP contribution is 2.42. The van der Waals surface area contributed by atoms with E-state index in [1.54, 1.807) is 31.4 Å². The third-order valence-electron chi connectivity index (χ3n) is 6.40. The van der Waals surface area contributed by atoms with Crippen molar-refractivity contribution in [1.29, 1.82) is 0 Å². The SMILES string of the molecule is CCCCN(CCCC)CCCN1C(O)C(=O)/C(=C(\O)c2ccc(OC)cc2)C1c1cccs1. The number of carbonyl (C=O) groups is 1. The molecule has 0 amide bonds. The Hall–Kier alpha value is -2.19. The zero-order valence-corrected chi connectivity index (χ0v) is 21.4. The molecule has 1 aliphatic heterocycles. The Kier molecular flexibility index (Phi) is 10.1. The summed E-state index contributed by atoms with van der Waals surface area (Å²) in [6, 6.07) is 10.4. The maximum atomic E-state index is 13.2. The number of rotatable bonds is 13. The summed E-state index contributed by atoms with van der Waals surface area (Å²) in [5.41, 5.74) is 0.791. The zero-order chi connectivity index (χ0) is 24.5. The first kappa shape index (κ1) is 26.4. The molecule has 2 atom stereocenters. The first-order valence-electron chi connectivity index (χ1n) is 12.3. The molecule has 1 saturated heterocycles. The van der Waals surface area contributed by atoms with Crippen molar-refractivity contribution < 1.29 is 19.7 Å². The fourth-order valence-corrected chi connectivity index (χ4v) is 5.32. The van der Waals surface area contributed by atoms with Gasteiger partial charge in [-0.15, -0.1) is 11.3 Å². The molecule has 7 heteroatoms. The number of methoxy groups -OCH3 is 1. The van der Waals surface area contributed by atoms with Crippen LogP contribution in [0.2, 0.25) is 0 Å². The molecular formula is C27H38N2O4S. The van der Waals surface area contributed by atoms with Crippen molar-refractivity contribution in [3.63, 3.8) is 0 Å². The number of Topliss-reactive ketones (excluding diaryl/α,β-unsaturated/α-hetero) is 1. The monoisotopic (exact) mass is 486 g/mol. The number of aliphatic hydroxyl groups is 2. The minimum Gasteiger partial charge on any atom is -0.507 e. The number of likely N-dealkylation sites (tertiary alicyclic amines) is 1. The first-order chi connectivity index (χ1) is 16.5. The van der Waals surface area contributed by atoms with Gasteiger partial charge in [-0.3, -0.25) is 9.69 Å². The zero-order valence-electron chi connectivity index (χ0n) is 20.6. The minimum absolute atomic E-state index is 0.0832. The maximum Gasteiger partial charge on any atom is 0.208 e. The number of ketones is 1. The number of ether oxygens (including phenoxy) is 1. The van der Waals surface area contributed by atoms with Crippen LogP contribution in [-0.2, 0) is 4.79 Å². The molecule has 0 bridgehead atoms. The van der Waals surface area contributed by atoms with Gasteiger partial charge in [0.25, 0.3) is 0 Å². The molecule has 34 heavy (non-hydrogen) atoms. The molecule has 6 nitrogen and oxygen atoms in total. The molecule has 2 unspecified atom stereocenters. The van der Waals surface area contributed by atoms with E-state index in [2.05, 4.69) is 18.7 Å². The van der Waals surface area contributed by atoms with E-state index in [1.165, 1.54) is 37.0 Å². The van der Waals surface area contributed by atoms with Gasteiger partial charge < -0.3 is 19.8 Å². The molecule has 1 aliphatic rings. The fourth-order valence-electron chi connectivity index (χ4n) is 4.46. The van der Waals surface area contributed by atoms with Crippen molar-refractivity contribution in [2.75, 3.05) is 33.3 Å². The van der Waals surface area contributed by atoms with Crippen molar-refractivity contribution in [3.8, 4) is 5.75 Å². The van der Waals surface area contributed by atoms with Crippen LogP contribution < -0.4 is 4.74 Å². The lowest BCUT2D eigenvalue weighted by molar-refractivity contribution is -0.127. The molecule has 2 N–H and O–H groups in total. The van der Waals surface area contributed by atoms with E-state index in [4.69, 9.17) is 4.74 Å². The second-order valence-corrected chi connectivity index (χ2v) is 9.77. The summed E-state index contributed by atoms with van der Waals surface area (Å²) in [4.78, 5) is 18.5. The maximum absolute atomic E-state index is 13.2. The van der Waals surface area contributed by atoms with Gasteiger partial charge in [-0.1, -0.05) is 32.8 Å². The quantitative estimate of drug-likeness (QED) is 0.297. The van der Waals surface area contributed by atoms with E-state index in [-0.39, 0.29) is 11.3 Å². The van der Waals surface area contributed by atoms with Gasteiger partial charge >= 0.3 is 0 Å². The van der Waals surface area contributed by atoms with E-state index in [0.29, 0.717) is 17.9 Å². The highest BCUT2D eigenvalue weighted by Gasteiger charge is 2.46. The molecule has 0 radical (unpaired) electrons. The van der Waals surface area contributed by atoms with Crippen LogP contribution in [0.15, 0.2) is 47.4 Å². The second kappa shape index (κ2) is 13.0. The van der Waals surface area contributed by atoms with Crippen LogP contribution in [0, 0.1) is 0 Å². The minimum atomic E-state index is -1.26. The summed E-state index contributed by atoms with van der Waals surface area (Å²) < 4.78 is 5.21. The highest BCUT2D eigenvalue weighted by atomic mass is 32.1. The standard InChI is InChI=1S/C27H38N2O4S/c1-4-6-15-28(16-7-5-2)17-9-18-29-24(22-10-8-19-34-22)23(26(31)27(29)32)25(30)20-11-13-21(33-3)14-12-20/h8,10-14,19,24,27,30,32H,4-7,9,15-18H2,1-3H3/b25-23-. The molecule has 0 aliphatic carbocycles. The van der Waals surface area contributed by atoms with Gasteiger partial charge in [0, 0.05) is 17.0 Å². The van der Waals surface area contributed by atoms with Gasteiger partial charge in [-0.2, -0.15) is 0 Å². The summed E-state index contributed by atoms with van der Waals surface area (Å²) >= 11 is 1.53. The predicted octanol–water partition coefficient (Wildman–Crippen LogP) is 5.26. The third kappa shape index (κ3) is 6.27. The molecule has 2 heterocycles. The van der Waals surface area contributed by atoms with Gasteiger partial charge in [-0.25, -0.2) is 0 Å². The summed E-state index contributed by atoms with van der Waals surface area (Å²) in [6.45, 7) is 8.07. The van der Waals surface area contributed by atoms with Crippen LogP contribution in [-0.4, -0.2) is 65.3 Å². The number of benzene rings is 1. The van der Waals surface area contributed by atoms with E-state index < -0.39 is 18.1 Å². The summed E-state index contributed by atoms with van der Waals surface area (Å²) in [6.07, 6.45) is 4.27. The van der Waals surface area contributed by atoms with Crippen molar-refractivity contribution in [1.82, 2.24) is 9.80 Å². The summed E-state index contributed by atoms with van der Waals surface area (Å²) in [5, 5.41) is 24.0. The topological polar surface area (TPSA) is 73.2 Å². The van der Waals surface area contributed by atoms with E-state index in [1.807, 2.05) is 22.4 Å². The molecule has 0 saturated carbocycles. The molecular weight excluding hydrogens is 448 g/mol. The van der Waals surface area contributed by atoms with Crippen LogP contribution in [0.1, 0.15) is 62.4 Å². The Labute approximate surface area is 207 Å². The Morgan fingerprint density at radius 3 is 2.26 bits per heavy atom. The van der Waals surface area contributed by atoms with Gasteiger partial charge in [-0.05, 0) is 74.6 Å². The van der Waals surface area contributed by atoms with Gasteiger partial charge in [0.1, 0.15) is 11.5 Å². The number of unbranched alkanes of at least 4 members (excludes halogenated alkanes) is 2. The van der Waals surface area contributed by atoms with Crippen LogP contribution in [0.5, 0.6) is 5.75 Å². The number of thiophene rings is 1. The van der Waals surface area contributed by atoms with Crippen LogP contribution >= 0.6 is 11.3 Å². The van der Waals surface area contributed by atoms with Crippen LogP contribution in [0.3, 0.4) is 0 Å². The average Bonchev–Trinajstić information content (AvgIpc) is 3.47. The van der Waals surface area contributed by atoms with Crippen molar-refractivity contribution in [2.24, 2.45) is 0 Å². The van der Waals surface area contributed by atoms with E-state index in [9.17, 15) is 15.0 Å². The van der Waals surface area contributed by atoms with Crippen molar-refractivity contribution in [3.05, 3.63) is 57.8 Å². The van der Waals surface area contributed by atoms with Crippen molar-refractivity contribution in [2.45, 2.75) is 58.2 Å². The number of nitrogens with zero attached hydrogens (tertiary/aromatic N) is 2. The Bertz CT molecular complexity index is 919. The van der Waals surface area contributed by atoms with E-state index in [0.717, 1.165) is 30.9 Å². The fraction of sp³-hybridized carbons (Fsp3) is 0.519. The third-order valence-corrected chi connectivity index (χ3v) is 7.32. The largest absolute Gasteiger partial charge is 0.507 e. The van der Waals surface area contributed by atoms with Gasteiger partial charge in [0.2, 0.25) is 5.78 Å². The molecule has 1 fully saturated rings. The molecule has 186 valence electrons. The van der Waals surface area contributed by atoms with Crippen LogP contribution in [0.25, 0.3) is 5.76 Å². The van der Waals surface area contributed by atoms with Crippen LogP contribution in [0.4, 0.5) is 0 Å². The summed E-state index contributed by atoms with van der Waals surface area (Å²) in [5.74, 6) is 0.159. The average molecular weight is 487 g/mol. The number of hydrogen-bond acceptors (Lipinski definition) is 7. The molecule has 3 rings (SSSR count). The number of carbonyl (C=O) groups excluding carboxylic acids is 1. The summed E-state index contributed by atoms with van der Waals surface area (Å²) in [7, 11) is 1.58. The normalized spacial score (nSPS) is 20.3. The Morgan fingerprint density at radius 1 is 1.06 bits per heavy atom. The van der Waals surface area contributed by atoms with Crippen molar-refractivity contribution >= 4 is 22.9 Å². The lowest BCUT2D eigenvalue weighted by Crippen LogP contribution is -2.37. The predicted molar refractivity (Wildman–Crippen MR) is 138 cm³/mol. The Balaban J connectivity index is 1.83. The Morgan fingerprint density at radius 2 is 1.71 bits per heavy atom. The van der Waals surface area contributed by atoms with E-state index >= 15 is 0 Å². The lowest BCUT2D eigenvalue weighted by atomic mass is 9.99. The van der Waals surface area contributed by atoms with Gasteiger partial charge in [0.05, 0.1) is 18.7 Å². The first-order valence-corrected chi connectivity index (χ1v) is 13.2. The number of hydrogen-bond donors (Lipinski definition) is 2. The second-order valence-electron chi connectivity index (χ2n) is 8.79.